The third-order valence-electron chi connectivity index (χ3n) is 2.01. The van der Waals surface area contributed by atoms with Crippen molar-refractivity contribution in [2.24, 2.45) is 4.99 Å². The van der Waals surface area contributed by atoms with E-state index in [0.717, 1.165) is 22.7 Å². The summed E-state index contributed by atoms with van der Waals surface area (Å²) in [4.78, 5) is 4.09. The van der Waals surface area contributed by atoms with Crippen molar-refractivity contribution in [2.45, 2.75) is 0 Å². The molecule has 2 heteroatoms. The Balaban J connectivity index is 2.49. The van der Waals surface area contributed by atoms with E-state index in [4.69, 9.17) is 0 Å². The van der Waals surface area contributed by atoms with E-state index in [1.165, 1.54) is 6.20 Å². The van der Waals surface area contributed by atoms with Crippen molar-refractivity contribution in [3.8, 4) is 0 Å². The van der Waals surface area contributed by atoms with E-state index in [1.807, 2.05) is 24.3 Å². The van der Waals surface area contributed by atoms with Crippen LogP contribution in [0.2, 0.25) is 0 Å². The predicted molar refractivity (Wildman–Crippen MR) is 56.7 cm³/mol. The molecule has 2 nitrogen and oxygen atoms in total. The van der Waals surface area contributed by atoms with Crippen LogP contribution >= 0.6 is 0 Å². The quantitative estimate of drug-likeness (QED) is 0.688. The first-order valence-electron chi connectivity index (χ1n) is 4.07. The number of para-hydroxylation sites is 1. The molecule has 1 heterocycles. The topological polar surface area (TPSA) is 24.4 Å². The zero-order chi connectivity index (χ0) is 9.26. The molecule has 1 aromatic carbocycles. The van der Waals surface area contributed by atoms with Crippen LogP contribution in [0.4, 0.5) is 5.69 Å². The van der Waals surface area contributed by atoms with Gasteiger partial charge in [0, 0.05) is 23.0 Å². The lowest BCUT2D eigenvalue weighted by Crippen LogP contribution is -2.03. The largest absolute Gasteiger partial charge is 0.339 e. The summed E-state index contributed by atoms with van der Waals surface area (Å²) in [5, 5.41) is 3.16. The van der Waals surface area contributed by atoms with Crippen LogP contribution in [0.3, 0.4) is 0 Å². The van der Waals surface area contributed by atoms with Crippen LogP contribution in [0.25, 0.3) is 5.57 Å². The van der Waals surface area contributed by atoms with Crippen LogP contribution in [0.1, 0.15) is 5.56 Å². The van der Waals surface area contributed by atoms with Gasteiger partial charge in [-0.25, -0.2) is 4.99 Å². The summed E-state index contributed by atoms with van der Waals surface area (Å²) in [6, 6.07) is 8.00. The minimum atomic E-state index is 0.788. The van der Waals surface area contributed by atoms with Crippen molar-refractivity contribution >= 4 is 17.1 Å². The Morgan fingerprint density at radius 3 is 2.77 bits per heavy atom. The van der Waals surface area contributed by atoms with E-state index in [0.29, 0.717) is 0 Å². The molecular weight excluding hydrogens is 160 g/mol. The SMILES string of the molecule is C=CN=C1Nc2ccccc2C1=C. The van der Waals surface area contributed by atoms with Crippen LogP contribution in [-0.2, 0) is 0 Å². The molecule has 0 amide bonds. The summed E-state index contributed by atoms with van der Waals surface area (Å²) >= 11 is 0. The molecular formula is C11H10N2. The lowest BCUT2D eigenvalue weighted by Gasteiger charge is -1.95. The molecule has 2 rings (SSSR count). The van der Waals surface area contributed by atoms with Gasteiger partial charge in [0.1, 0.15) is 5.84 Å². The van der Waals surface area contributed by atoms with Crippen molar-refractivity contribution in [3.63, 3.8) is 0 Å². The molecule has 64 valence electrons. The first-order chi connectivity index (χ1) is 6.33. The number of benzene rings is 1. The maximum Gasteiger partial charge on any atom is 0.137 e. The molecule has 0 radical (unpaired) electrons. The molecule has 13 heavy (non-hydrogen) atoms. The first kappa shape index (κ1) is 7.80. The highest BCUT2D eigenvalue weighted by Crippen LogP contribution is 2.30. The average Bonchev–Trinajstić information content (AvgIpc) is 2.46. The van der Waals surface area contributed by atoms with Gasteiger partial charge in [-0.15, -0.1) is 0 Å². The number of anilines is 1. The maximum atomic E-state index is 4.09. The van der Waals surface area contributed by atoms with Crippen LogP contribution in [0.15, 0.2) is 48.6 Å². The average molecular weight is 170 g/mol. The fraction of sp³-hybridized carbons (Fsp3) is 0. The second-order valence-corrected chi connectivity index (χ2v) is 2.81. The molecule has 0 aliphatic carbocycles. The summed E-state index contributed by atoms with van der Waals surface area (Å²) in [7, 11) is 0. The Labute approximate surface area is 77.3 Å². The molecule has 1 aliphatic heterocycles. The summed E-state index contributed by atoms with van der Waals surface area (Å²) in [6.45, 7) is 7.51. The minimum Gasteiger partial charge on any atom is -0.339 e. The highest BCUT2D eigenvalue weighted by molar-refractivity contribution is 6.33. The van der Waals surface area contributed by atoms with Gasteiger partial charge in [0.25, 0.3) is 0 Å². The normalized spacial score (nSPS) is 16.9. The molecule has 0 aromatic heterocycles. The van der Waals surface area contributed by atoms with Gasteiger partial charge in [0.15, 0.2) is 0 Å². The molecule has 0 saturated heterocycles. The number of nitrogens with zero attached hydrogens (tertiary/aromatic N) is 1. The molecule has 0 saturated carbocycles. The molecule has 0 fully saturated rings. The van der Waals surface area contributed by atoms with E-state index >= 15 is 0 Å². The second kappa shape index (κ2) is 2.90. The van der Waals surface area contributed by atoms with Crippen LogP contribution in [0.5, 0.6) is 0 Å². The number of rotatable bonds is 1. The predicted octanol–water partition coefficient (Wildman–Crippen LogP) is 2.67. The maximum absolute atomic E-state index is 4.09. The number of aliphatic imine (C=N–C) groups is 1. The third kappa shape index (κ3) is 1.16. The number of nitrogens with one attached hydrogen (secondary N) is 1. The lowest BCUT2D eigenvalue weighted by molar-refractivity contribution is 1.57. The first-order valence-corrected chi connectivity index (χ1v) is 4.07. The zero-order valence-corrected chi connectivity index (χ0v) is 7.25. The number of fused-ring (bicyclic) bond motifs is 1. The van der Waals surface area contributed by atoms with E-state index in [1.54, 1.807) is 0 Å². The van der Waals surface area contributed by atoms with Crippen molar-refractivity contribution in [2.75, 3.05) is 5.32 Å². The van der Waals surface area contributed by atoms with E-state index in [2.05, 4.69) is 23.5 Å². The van der Waals surface area contributed by atoms with Crippen molar-refractivity contribution in [3.05, 3.63) is 49.2 Å². The standard InChI is InChI=1S/C11H10N2/c1-3-12-11-8(2)9-6-4-5-7-10(9)13-11/h3-7H,1-2H2,(H,12,13). The van der Waals surface area contributed by atoms with Crippen LogP contribution < -0.4 is 5.32 Å². The molecule has 0 bridgehead atoms. The molecule has 1 aliphatic rings. The van der Waals surface area contributed by atoms with E-state index in [9.17, 15) is 0 Å². The molecule has 1 aromatic rings. The molecule has 0 spiro atoms. The highest BCUT2D eigenvalue weighted by atomic mass is 15.0. The summed E-state index contributed by atoms with van der Waals surface area (Å²) in [5.74, 6) is 0.788. The Bertz CT molecular complexity index is 402. The smallest absolute Gasteiger partial charge is 0.137 e. The van der Waals surface area contributed by atoms with Gasteiger partial charge >= 0.3 is 0 Å². The van der Waals surface area contributed by atoms with Gasteiger partial charge in [-0.05, 0) is 6.07 Å². The molecule has 0 unspecified atom stereocenters. The van der Waals surface area contributed by atoms with Gasteiger partial charge in [0.05, 0.1) is 0 Å². The Kier molecular flexibility index (Phi) is 1.74. The number of hydrogen-bond acceptors (Lipinski definition) is 1. The van der Waals surface area contributed by atoms with Gasteiger partial charge in [-0.2, -0.15) is 0 Å². The Morgan fingerprint density at radius 2 is 2.08 bits per heavy atom. The molecule has 0 atom stereocenters. The Hall–Kier alpha value is -1.83. The lowest BCUT2D eigenvalue weighted by atomic mass is 10.1. The van der Waals surface area contributed by atoms with Gasteiger partial charge < -0.3 is 5.32 Å². The fourth-order valence-corrected chi connectivity index (χ4v) is 1.39. The van der Waals surface area contributed by atoms with Gasteiger partial charge in [-0.1, -0.05) is 31.4 Å². The zero-order valence-electron chi connectivity index (χ0n) is 7.25. The van der Waals surface area contributed by atoms with Crippen LogP contribution in [0, 0.1) is 0 Å². The number of hydrogen-bond donors (Lipinski definition) is 1. The van der Waals surface area contributed by atoms with E-state index < -0.39 is 0 Å². The van der Waals surface area contributed by atoms with Crippen LogP contribution in [-0.4, -0.2) is 5.84 Å². The minimum absolute atomic E-state index is 0.788. The summed E-state index contributed by atoms with van der Waals surface area (Å²) in [5.41, 5.74) is 3.10. The third-order valence-corrected chi connectivity index (χ3v) is 2.01. The van der Waals surface area contributed by atoms with Crippen molar-refractivity contribution in [1.29, 1.82) is 0 Å². The van der Waals surface area contributed by atoms with Crippen molar-refractivity contribution < 1.29 is 0 Å². The molecule has 1 N–H and O–H groups in total. The van der Waals surface area contributed by atoms with Crippen molar-refractivity contribution in [1.82, 2.24) is 0 Å². The summed E-state index contributed by atoms with van der Waals surface area (Å²) < 4.78 is 0. The van der Waals surface area contributed by atoms with Gasteiger partial charge in [0.2, 0.25) is 0 Å². The van der Waals surface area contributed by atoms with E-state index in [-0.39, 0.29) is 0 Å². The fourth-order valence-electron chi connectivity index (χ4n) is 1.39. The number of amidine groups is 1. The summed E-state index contributed by atoms with van der Waals surface area (Å²) in [6.07, 6.45) is 1.51. The monoisotopic (exact) mass is 170 g/mol. The Morgan fingerprint density at radius 1 is 1.31 bits per heavy atom. The van der Waals surface area contributed by atoms with Gasteiger partial charge in [-0.3, -0.25) is 0 Å². The highest BCUT2D eigenvalue weighted by Gasteiger charge is 2.18. The second-order valence-electron chi connectivity index (χ2n) is 2.81.